The average molecular weight is 240 g/mol. The molecule has 0 bridgehead atoms. The van der Waals surface area contributed by atoms with Crippen LogP contribution in [0.2, 0.25) is 0 Å². The van der Waals surface area contributed by atoms with Crippen molar-refractivity contribution in [2.24, 2.45) is 11.8 Å². The molecular formula is C14H24O3. The molecule has 4 atom stereocenters. The fourth-order valence-corrected chi connectivity index (χ4v) is 2.40. The van der Waals surface area contributed by atoms with Crippen molar-refractivity contribution < 1.29 is 14.6 Å². The number of ketones is 1. The molecule has 0 saturated heterocycles. The number of hydrogen-bond acceptors (Lipinski definition) is 3. The van der Waals surface area contributed by atoms with Gasteiger partial charge in [-0.05, 0) is 19.8 Å². The van der Waals surface area contributed by atoms with Gasteiger partial charge in [0.2, 0.25) is 0 Å². The molecule has 3 nitrogen and oxygen atoms in total. The van der Waals surface area contributed by atoms with Gasteiger partial charge in [-0.15, -0.1) is 0 Å². The lowest BCUT2D eigenvalue weighted by atomic mass is 9.86. The van der Waals surface area contributed by atoms with E-state index in [2.05, 4.69) is 0 Å². The number of carbonyl (C=O) groups is 1. The van der Waals surface area contributed by atoms with Crippen LogP contribution in [0.25, 0.3) is 0 Å². The molecule has 0 aromatic heterocycles. The predicted octanol–water partition coefficient (Wildman–Crippen LogP) is 2.68. The Labute approximate surface area is 104 Å². The summed E-state index contributed by atoms with van der Waals surface area (Å²) < 4.78 is 5.91. The Morgan fingerprint density at radius 2 is 2.00 bits per heavy atom. The van der Waals surface area contributed by atoms with Crippen molar-refractivity contribution in [3.05, 3.63) is 11.3 Å². The van der Waals surface area contributed by atoms with Crippen molar-refractivity contribution >= 4 is 5.78 Å². The van der Waals surface area contributed by atoms with Gasteiger partial charge in [0, 0.05) is 11.5 Å². The summed E-state index contributed by atoms with van der Waals surface area (Å²) in [4.78, 5) is 12.1. The highest BCUT2D eigenvalue weighted by Gasteiger charge is 2.35. The van der Waals surface area contributed by atoms with Gasteiger partial charge in [-0.2, -0.15) is 0 Å². The maximum atomic E-state index is 12.1. The summed E-state index contributed by atoms with van der Waals surface area (Å²) in [5.41, 5.74) is 0.683. The Bertz CT molecular complexity index is 319. The third kappa shape index (κ3) is 2.71. The van der Waals surface area contributed by atoms with Gasteiger partial charge in [-0.25, -0.2) is 0 Å². The van der Waals surface area contributed by atoms with Crippen LogP contribution in [0.15, 0.2) is 11.3 Å². The van der Waals surface area contributed by atoms with Crippen molar-refractivity contribution in [1.82, 2.24) is 0 Å². The number of aliphatic hydroxyl groups is 1. The van der Waals surface area contributed by atoms with E-state index in [1.54, 1.807) is 6.92 Å². The van der Waals surface area contributed by atoms with Gasteiger partial charge in [0.1, 0.15) is 11.9 Å². The van der Waals surface area contributed by atoms with E-state index in [1.165, 1.54) is 0 Å². The zero-order valence-corrected chi connectivity index (χ0v) is 11.5. The van der Waals surface area contributed by atoms with Gasteiger partial charge in [0.15, 0.2) is 5.78 Å². The summed E-state index contributed by atoms with van der Waals surface area (Å²) in [5, 5.41) is 9.88. The second-order valence-corrected chi connectivity index (χ2v) is 4.97. The Kier molecular flexibility index (Phi) is 4.75. The standard InChI is InChI=1S/C14H24O3/c1-6-11(15)8(3)14-10(5)13(16)9(4)12(7-2)17-14/h8-9,11-12,15H,6-7H2,1-5H3/t8-,9-,11+,12+/m1/s1. The maximum absolute atomic E-state index is 12.1. The molecule has 1 rings (SSSR count). The minimum atomic E-state index is -0.446. The zero-order chi connectivity index (χ0) is 13.2. The van der Waals surface area contributed by atoms with Gasteiger partial charge in [-0.1, -0.05) is 27.7 Å². The summed E-state index contributed by atoms with van der Waals surface area (Å²) >= 11 is 0. The van der Waals surface area contributed by atoms with Crippen LogP contribution >= 0.6 is 0 Å². The monoisotopic (exact) mass is 240 g/mol. The number of allylic oxidation sites excluding steroid dienone is 1. The summed E-state index contributed by atoms with van der Waals surface area (Å²) in [6.45, 7) is 9.59. The fraction of sp³-hybridized carbons (Fsp3) is 0.786. The van der Waals surface area contributed by atoms with Crippen molar-refractivity contribution in [2.75, 3.05) is 0 Å². The lowest BCUT2D eigenvalue weighted by Gasteiger charge is -2.34. The first-order valence-electron chi connectivity index (χ1n) is 6.53. The molecule has 17 heavy (non-hydrogen) atoms. The third-order valence-electron chi connectivity index (χ3n) is 3.80. The number of hydrogen-bond donors (Lipinski definition) is 1. The Morgan fingerprint density at radius 1 is 1.41 bits per heavy atom. The van der Waals surface area contributed by atoms with E-state index < -0.39 is 6.10 Å². The number of Topliss-reactive ketones (excluding diaryl/α,β-unsaturated/α-hetero) is 1. The molecule has 1 N–H and O–H groups in total. The second kappa shape index (κ2) is 5.67. The molecule has 1 aliphatic heterocycles. The molecule has 0 fully saturated rings. The van der Waals surface area contributed by atoms with Crippen LogP contribution in [0.3, 0.4) is 0 Å². The largest absolute Gasteiger partial charge is 0.493 e. The van der Waals surface area contributed by atoms with Crippen molar-refractivity contribution in [3.8, 4) is 0 Å². The Balaban J connectivity index is 3.01. The lowest BCUT2D eigenvalue weighted by Crippen LogP contribution is -2.37. The van der Waals surface area contributed by atoms with E-state index in [1.807, 2.05) is 27.7 Å². The van der Waals surface area contributed by atoms with Gasteiger partial charge in [-0.3, -0.25) is 4.79 Å². The second-order valence-electron chi connectivity index (χ2n) is 4.97. The quantitative estimate of drug-likeness (QED) is 0.821. The molecule has 0 spiro atoms. The predicted molar refractivity (Wildman–Crippen MR) is 67.5 cm³/mol. The summed E-state index contributed by atoms with van der Waals surface area (Å²) in [6, 6.07) is 0. The summed E-state index contributed by atoms with van der Waals surface area (Å²) in [7, 11) is 0. The number of rotatable bonds is 4. The fourth-order valence-electron chi connectivity index (χ4n) is 2.40. The zero-order valence-electron chi connectivity index (χ0n) is 11.5. The molecule has 1 heterocycles. The molecule has 0 aromatic rings. The molecule has 98 valence electrons. The van der Waals surface area contributed by atoms with E-state index in [4.69, 9.17) is 4.74 Å². The Morgan fingerprint density at radius 3 is 2.47 bits per heavy atom. The molecule has 0 unspecified atom stereocenters. The van der Waals surface area contributed by atoms with Gasteiger partial charge >= 0.3 is 0 Å². The Hall–Kier alpha value is -0.830. The van der Waals surface area contributed by atoms with E-state index in [-0.39, 0.29) is 23.7 Å². The minimum absolute atomic E-state index is 0.0484. The highest BCUT2D eigenvalue weighted by Crippen LogP contribution is 2.32. The van der Waals surface area contributed by atoms with Crippen LogP contribution in [0.4, 0.5) is 0 Å². The summed E-state index contributed by atoms with van der Waals surface area (Å²) in [6.07, 6.45) is 0.992. The van der Waals surface area contributed by atoms with E-state index >= 15 is 0 Å². The topological polar surface area (TPSA) is 46.5 Å². The molecule has 1 aliphatic rings. The van der Waals surface area contributed by atoms with Crippen LogP contribution in [-0.2, 0) is 9.53 Å². The lowest BCUT2D eigenvalue weighted by molar-refractivity contribution is -0.126. The molecule has 0 aromatic carbocycles. The SMILES string of the molecule is CC[C@@H]1OC([C@H](C)[C@@H](O)CC)=C(C)C(=O)[C@@H]1C. The number of ether oxygens (including phenoxy) is 1. The maximum Gasteiger partial charge on any atom is 0.168 e. The first-order chi connectivity index (χ1) is 7.93. The first-order valence-corrected chi connectivity index (χ1v) is 6.53. The van der Waals surface area contributed by atoms with Gasteiger partial charge in [0.05, 0.1) is 12.0 Å². The normalized spacial score (nSPS) is 28.9. The van der Waals surface area contributed by atoms with Crippen LogP contribution in [0, 0.1) is 11.8 Å². The van der Waals surface area contributed by atoms with Crippen LogP contribution in [0.5, 0.6) is 0 Å². The van der Waals surface area contributed by atoms with Crippen LogP contribution < -0.4 is 0 Å². The molecule has 3 heteroatoms. The van der Waals surface area contributed by atoms with E-state index in [0.717, 1.165) is 6.42 Å². The minimum Gasteiger partial charge on any atom is -0.493 e. The molecule has 0 amide bonds. The van der Waals surface area contributed by atoms with Crippen molar-refractivity contribution in [3.63, 3.8) is 0 Å². The van der Waals surface area contributed by atoms with Crippen LogP contribution in [-0.4, -0.2) is 23.1 Å². The molecular weight excluding hydrogens is 216 g/mol. The smallest absolute Gasteiger partial charge is 0.168 e. The molecule has 0 aliphatic carbocycles. The third-order valence-corrected chi connectivity index (χ3v) is 3.80. The van der Waals surface area contributed by atoms with E-state index in [9.17, 15) is 9.90 Å². The number of carbonyl (C=O) groups excluding carboxylic acids is 1. The highest BCUT2D eigenvalue weighted by molar-refractivity contribution is 5.98. The van der Waals surface area contributed by atoms with E-state index in [0.29, 0.717) is 17.8 Å². The van der Waals surface area contributed by atoms with Gasteiger partial charge < -0.3 is 9.84 Å². The number of aliphatic hydroxyl groups excluding tert-OH is 1. The van der Waals surface area contributed by atoms with Crippen molar-refractivity contribution in [1.29, 1.82) is 0 Å². The average Bonchev–Trinajstić information content (AvgIpc) is 2.34. The van der Waals surface area contributed by atoms with Crippen molar-refractivity contribution in [2.45, 2.75) is 59.7 Å². The molecule has 0 saturated carbocycles. The highest BCUT2D eigenvalue weighted by atomic mass is 16.5. The van der Waals surface area contributed by atoms with Gasteiger partial charge in [0.25, 0.3) is 0 Å². The summed E-state index contributed by atoms with van der Waals surface area (Å²) in [5.74, 6) is 0.669. The van der Waals surface area contributed by atoms with Crippen LogP contribution in [0.1, 0.15) is 47.5 Å². The first kappa shape index (κ1) is 14.2. The molecule has 0 radical (unpaired) electrons.